The summed E-state index contributed by atoms with van der Waals surface area (Å²) in [5.41, 5.74) is 5.92. The van der Waals surface area contributed by atoms with E-state index >= 15 is 35.1 Å². The van der Waals surface area contributed by atoms with Gasteiger partial charge in [0.05, 0.1) is 0 Å². The van der Waals surface area contributed by atoms with Crippen molar-refractivity contribution in [3.63, 3.8) is 0 Å². The number of anilines is 2. The Morgan fingerprint density at radius 3 is 0.981 bits per heavy atom. The van der Waals surface area contributed by atoms with Crippen molar-refractivity contribution in [3.05, 3.63) is 57.6 Å². The van der Waals surface area contributed by atoms with Crippen LogP contribution in [0.1, 0.15) is 110 Å². The van der Waals surface area contributed by atoms with Crippen molar-refractivity contribution in [1.29, 1.82) is 0 Å². The van der Waals surface area contributed by atoms with Crippen LogP contribution < -0.4 is 11.5 Å². The lowest BCUT2D eigenvalue weighted by Gasteiger charge is -2.44. The van der Waals surface area contributed by atoms with Crippen LogP contribution in [0.25, 0.3) is 0 Å². The minimum atomic E-state index is -8.51. The summed E-state index contributed by atoms with van der Waals surface area (Å²) in [5.74, 6) is -63.4. The first-order valence-electron chi connectivity index (χ1n) is 16.5. The highest BCUT2D eigenvalue weighted by Gasteiger charge is 2.95. The van der Waals surface area contributed by atoms with Gasteiger partial charge in [0.25, 0.3) is 0 Å². The summed E-state index contributed by atoms with van der Waals surface area (Å²) in [4.78, 5) is 0. The average Bonchev–Trinajstić information content (AvgIpc) is 3.97. The van der Waals surface area contributed by atoms with Crippen molar-refractivity contribution in [2.45, 2.75) is 137 Å². The number of nitrogens with two attached hydrogens (primary N) is 2. The molecule has 0 atom stereocenters. The molecule has 52 heavy (non-hydrogen) atoms. The largest absolute Gasteiger partial charge is 0.398 e. The molecule has 2 saturated carbocycles. The number of halogens is 16. The average molecular weight is 777 g/mol. The van der Waals surface area contributed by atoms with E-state index in [1.54, 1.807) is 13.8 Å². The number of hydrogen-bond acceptors (Lipinski definition) is 2. The van der Waals surface area contributed by atoms with Crippen LogP contribution in [0.15, 0.2) is 24.3 Å². The van der Waals surface area contributed by atoms with Gasteiger partial charge in [0.1, 0.15) is 0 Å². The number of alkyl halides is 16. The van der Waals surface area contributed by atoms with E-state index in [2.05, 4.69) is 0 Å². The second-order valence-electron chi connectivity index (χ2n) is 13.6. The summed E-state index contributed by atoms with van der Waals surface area (Å²) in [6.07, 6.45) is 1.69. The van der Waals surface area contributed by atoms with Gasteiger partial charge in [-0.05, 0) is 110 Å². The van der Waals surface area contributed by atoms with E-state index in [1.807, 2.05) is 0 Å². The van der Waals surface area contributed by atoms with E-state index in [9.17, 15) is 35.1 Å². The Morgan fingerprint density at radius 1 is 0.462 bits per heavy atom. The number of unbranched alkanes of at least 4 members (excludes halogenated alkanes) is 2. The quantitative estimate of drug-likeness (QED) is 0.124. The van der Waals surface area contributed by atoms with Crippen molar-refractivity contribution >= 4 is 11.4 Å². The van der Waals surface area contributed by atoms with E-state index < -0.39 is 70.3 Å². The third kappa shape index (κ3) is 6.24. The van der Waals surface area contributed by atoms with Crippen LogP contribution >= 0.6 is 0 Å². The molecule has 0 radical (unpaired) electrons. The molecule has 0 heterocycles. The molecule has 2 fully saturated rings. The molecule has 0 spiro atoms. The van der Waals surface area contributed by atoms with Crippen molar-refractivity contribution < 1.29 is 70.2 Å². The fraction of sp³-hybridized carbons (Fsp3) is 0.647. The maximum absolute atomic E-state index is 15.3. The fourth-order valence-electron chi connectivity index (χ4n) is 6.00. The summed E-state index contributed by atoms with van der Waals surface area (Å²) in [6.45, 7) is 3.21. The van der Waals surface area contributed by atoms with Gasteiger partial charge in [0.15, 0.2) is 0 Å². The van der Waals surface area contributed by atoms with E-state index in [0.717, 1.165) is 0 Å². The Bertz CT molecular complexity index is 1510. The lowest BCUT2D eigenvalue weighted by atomic mass is 9.83. The van der Waals surface area contributed by atoms with E-state index in [0.29, 0.717) is 12.8 Å². The molecule has 0 unspecified atom stereocenters. The number of benzene rings is 2. The van der Waals surface area contributed by atoms with Gasteiger partial charge in [0, 0.05) is 22.5 Å². The summed E-state index contributed by atoms with van der Waals surface area (Å²) in [7, 11) is 0. The zero-order valence-corrected chi connectivity index (χ0v) is 27.7. The Morgan fingerprint density at radius 2 is 0.731 bits per heavy atom. The molecule has 4 N–H and O–H groups in total. The first kappa shape index (κ1) is 41.7. The van der Waals surface area contributed by atoms with Gasteiger partial charge in [0.2, 0.25) is 0 Å². The fourth-order valence-corrected chi connectivity index (χ4v) is 6.00. The lowest BCUT2D eigenvalue weighted by molar-refractivity contribution is -0.456. The molecule has 0 saturated heterocycles. The maximum atomic E-state index is 15.3. The molecule has 0 bridgehead atoms. The normalized spacial score (nSPS) is 17.2. The molecule has 0 aromatic heterocycles. The topological polar surface area (TPSA) is 52.0 Å². The van der Waals surface area contributed by atoms with E-state index in [1.165, 1.54) is 0 Å². The molecule has 18 heteroatoms. The molecule has 0 amide bonds. The van der Waals surface area contributed by atoms with Crippen LogP contribution in [-0.2, 0) is 24.7 Å². The lowest BCUT2D eigenvalue weighted by Crippen LogP contribution is -2.74. The van der Waals surface area contributed by atoms with E-state index in [4.69, 9.17) is 11.5 Å². The minimum absolute atomic E-state index is 0.137. The molecule has 2 aliphatic carbocycles. The Kier molecular flexibility index (Phi) is 10.7. The number of rotatable bonds is 17. The zero-order valence-electron chi connectivity index (χ0n) is 27.7. The first-order valence-corrected chi connectivity index (χ1v) is 16.5. The molecule has 2 nitrogen and oxygen atoms in total. The molecular formula is C34H36F16N2. The van der Waals surface area contributed by atoms with Gasteiger partial charge in [-0.1, -0.05) is 26.7 Å². The second-order valence-corrected chi connectivity index (χ2v) is 13.6. The number of aryl methyl sites for hydroxylation is 2. The van der Waals surface area contributed by atoms with Gasteiger partial charge in [-0.3, -0.25) is 0 Å². The van der Waals surface area contributed by atoms with Crippen LogP contribution in [0.4, 0.5) is 81.6 Å². The van der Waals surface area contributed by atoms with Gasteiger partial charge < -0.3 is 11.5 Å². The van der Waals surface area contributed by atoms with Crippen molar-refractivity contribution in [1.82, 2.24) is 0 Å². The SMILES string of the molecule is CCCCc1cc(C(F)(F)C(F)(F)C(F)(F)C(F)(F)C(F)(F)C(F)(F)C(F)(F)C(F)(F)c2cc(CCCC)c(N)c(C3CC3)c2)cc(C2CC2)c1N. The standard InChI is InChI=1S/C34H36F16N2/c1-3-5-7-19-13-21(15-23(25(19)51)17-9-10-17)27(35,36)29(39,40)31(43,44)33(47,48)34(49,50)32(45,46)30(41,42)28(37,38)22-14-20(8-6-4-2)26(52)24(16-22)18-11-12-18/h13-18H,3-12,51-52H2,1-2H3. The van der Waals surface area contributed by atoms with Crippen LogP contribution in [0.3, 0.4) is 0 Å². The van der Waals surface area contributed by atoms with E-state index in [-0.39, 0.29) is 109 Å². The summed E-state index contributed by atoms with van der Waals surface area (Å²) < 4.78 is 241. The van der Waals surface area contributed by atoms with Gasteiger partial charge in [-0.25, -0.2) is 0 Å². The van der Waals surface area contributed by atoms with Crippen LogP contribution in [0, 0.1) is 0 Å². The first-order chi connectivity index (χ1) is 23.6. The highest BCUT2D eigenvalue weighted by Crippen LogP contribution is 2.66. The molecule has 2 aromatic carbocycles. The monoisotopic (exact) mass is 776 g/mol. The molecule has 0 aliphatic heterocycles. The van der Waals surface area contributed by atoms with Gasteiger partial charge in [-0.15, -0.1) is 0 Å². The van der Waals surface area contributed by atoms with Crippen LogP contribution in [0.5, 0.6) is 0 Å². The maximum Gasteiger partial charge on any atom is 0.385 e. The summed E-state index contributed by atoms with van der Waals surface area (Å²) >= 11 is 0. The minimum Gasteiger partial charge on any atom is -0.398 e. The Labute approximate surface area is 288 Å². The summed E-state index contributed by atoms with van der Waals surface area (Å²) in [5, 5.41) is 0. The second kappa shape index (κ2) is 13.3. The van der Waals surface area contributed by atoms with Crippen molar-refractivity contribution in [2.24, 2.45) is 0 Å². The molecule has 294 valence electrons. The number of hydrogen-bond donors (Lipinski definition) is 2. The zero-order chi connectivity index (χ0) is 39.7. The van der Waals surface area contributed by atoms with Gasteiger partial charge >= 0.3 is 47.4 Å². The third-order valence-corrected chi connectivity index (χ3v) is 9.71. The summed E-state index contributed by atoms with van der Waals surface area (Å²) in [6, 6.07) is 0.585. The van der Waals surface area contributed by atoms with Crippen molar-refractivity contribution in [3.8, 4) is 0 Å². The Balaban J connectivity index is 1.79. The molecule has 2 aliphatic rings. The predicted octanol–water partition coefficient (Wildman–Crippen LogP) is 12.0. The van der Waals surface area contributed by atoms with Crippen LogP contribution in [0.2, 0.25) is 0 Å². The Hall–Kier alpha value is -3.08. The smallest absolute Gasteiger partial charge is 0.385 e. The van der Waals surface area contributed by atoms with Gasteiger partial charge in [-0.2, -0.15) is 70.2 Å². The van der Waals surface area contributed by atoms with Crippen molar-refractivity contribution in [2.75, 3.05) is 11.5 Å². The molecular weight excluding hydrogens is 740 g/mol. The predicted molar refractivity (Wildman–Crippen MR) is 160 cm³/mol. The highest BCUT2D eigenvalue weighted by atomic mass is 19.4. The number of nitrogen functional groups attached to an aromatic ring is 2. The molecule has 2 aromatic rings. The molecule has 4 rings (SSSR count). The van der Waals surface area contributed by atoms with Crippen LogP contribution in [-0.4, -0.2) is 35.5 Å². The third-order valence-electron chi connectivity index (χ3n) is 9.71. The highest BCUT2D eigenvalue weighted by molar-refractivity contribution is 5.60.